The molecule has 0 bridgehead atoms. The summed E-state index contributed by atoms with van der Waals surface area (Å²) in [6.07, 6.45) is 49.7. The summed E-state index contributed by atoms with van der Waals surface area (Å²) >= 11 is 0. The molecule has 0 heterocycles. The molecule has 0 amide bonds. The van der Waals surface area contributed by atoms with Gasteiger partial charge in [0.1, 0.15) is 12.7 Å². The average Bonchev–Trinajstić information content (AvgIpc) is 3.30. The first kappa shape index (κ1) is 63.4. The predicted molar refractivity (Wildman–Crippen MR) is 270 cm³/mol. The van der Waals surface area contributed by atoms with Crippen LogP contribution in [0.15, 0.2) is 48.6 Å². The zero-order chi connectivity index (χ0) is 48.4. The fourth-order valence-electron chi connectivity index (χ4n) is 7.25. The van der Waals surface area contributed by atoms with E-state index in [2.05, 4.69) is 57.2 Å². The van der Waals surface area contributed by atoms with E-state index in [0.29, 0.717) is 19.3 Å². The molecule has 0 fully saturated rings. The lowest BCUT2D eigenvalue weighted by Gasteiger charge is -2.21. The van der Waals surface area contributed by atoms with Gasteiger partial charge in [-0.05, 0) is 44.9 Å². The van der Waals surface area contributed by atoms with Gasteiger partial charge in [-0.3, -0.25) is 23.4 Å². The van der Waals surface area contributed by atoms with Crippen LogP contribution in [0.25, 0.3) is 0 Å². The molecule has 3 unspecified atom stereocenters. The lowest BCUT2D eigenvalue weighted by atomic mass is 10.0. The third-order valence-electron chi connectivity index (χ3n) is 11.3. The second kappa shape index (κ2) is 48.9. The van der Waals surface area contributed by atoms with Crippen molar-refractivity contribution in [1.82, 2.24) is 0 Å². The Balaban J connectivity index is 4.76. The van der Waals surface area contributed by atoms with E-state index in [0.717, 1.165) is 64.2 Å². The summed E-state index contributed by atoms with van der Waals surface area (Å²) in [6, 6.07) is 0. The molecule has 0 radical (unpaired) electrons. The molecule has 0 aromatic carbocycles. The third-order valence-corrected chi connectivity index (χ3v) is 12.2. The van der Waals surface area contributed by atoms with Gasteiger partial charge in [-0.1, -0.05) is 223 Å². The van der Waals surface area contributed by atoms with E-state index in [-0.39, 0.29) is 25.9 Å². The Morgan fingerprint density at radius 1 is 0.439 bits per heavy atom. The monoisotopic (exact) mass is 953 g/mol. The fraction of sp³-hybridized carbons (Fsp3) is 0.796. The molecule has 0 spiro atoms. The highest BCUT2D eigenvalue weighted by Gasteiger charge is 2.28. The van der Waals surface area contributed by atoms with E-state index >= 15 is 0 Å². The van der Waals surface area contributed by atoms with Crippen LogP contribution in [0.3, 0.4) is 0 Å². The number of hydrogen-bond acceptors (Lipinski definition) is 10. The van der Waals surface area contributed by atoms with Gasteiger partial charge >= 0.3 is 25.7 Å². The van der Waals surface area contributed by atoms with Crippen molar-refractivity contribution in [2.75, 3.05) is 26.4 Å². The van der Waals surface area contributed by atoms with Crippen LogP contribution in [0.5, 0.6) is 0 Å². The van der Waals surface area contributed by atoms with Crippen LogP contribution in [0, 0.1) is 0 Å². The highest BCUT2D eigenvalue weighted by atomic mass is 31.2. The fourth-order valence-corrected chi connectivity index (χ4v) is 8.04. The van der Waals surface area contributed by atoms with Crippen molar-refractivity contribution >= 4 is 25.7 Å². The first-order valence-electron chi connectivity index (χ1n) is 26.5. The minimum absolute atomic E-state index is 0.0494. The number of esters is 3. The van der Waals surface area contributed by atoms with E-state index in [4.69, 9.17) is 23.3 Å². The maximum Gasteiger partial charge on any atom is 0.472 e. The van der Waals surface area contributed by atoms with E-state index in [9.17, 15) is 28.9 Å². The van der Waals surface area contributed by atoms with Gasteiger partial charge in [-0.25, -0.2) is 4.57 Å². The minimum Gasteiger partial charge on any atom is -0.462 e. The number of phosphoric acid groups is 1. The van der Waals surface area contributed by atoms with Crippen LogP contribution in [-0.4, -0.2) is 66.5 Å². The van der Waals surface area contributed by atoms with Crippen LogP contribution >= 0.6 is 7.82 Å². The standard InChI is InChI=1S/C54H97O11P/c1-4-7-10-13-16-19-21-23-24-25-26-28-29-32-34-37-40-43-52(56)61-47-51(65-54(58)45-42-39-36-33-30-27-22-20-17-14-11-8-5-2)49-63-66(59,60)62-48-50(46-55)64-53(57)44-41-38-35-31-18-15-12-9-6-3/h8,11,17,20,27,30,36,39,50-51,55H,4-7,9-10,12-16,18-19,21-26,28-29,31-35,37-38,40-49H2,1-3H3,(H,59,60)/b11-8-,20-17-,30-27-,39-36-. The largest absolute Gasteiger partial charge is 0.472 e. The van der Waals surface area contributed by atoms with Crippen LogP contribution in [-0.2, 0) is 42.2 Å². The van der Waals surface area contributed by atoms with Crippen LogP contribution in [0.2, 0.25) is 0 Å². The van der Waals surface area contributed by atoms with Gasteiger partial charge in [0.25, 0.3) is 0 Å². The van der Waals surface area contributed by atoms with Crippen LogP contribution < -0.4 is 0 Å². The van der Waals surface area contributed by atoms with E-state index in [1.54, 1.807) is 0 Å². The number of allylic oxidation sites excluding steroid dienone is 8. The van der Waals surface area contributed by atoms with Gasteiger partial charge in [-0.15, -0.1) is 0 Å². The van der Waals surface area contributed by atoms with Gasteiger partial charge in [0.2, 0.25) is 0 Å². The number of hydrogen-bond donors (Lipinski definition) is 2. The van der Waals surface area contributed by atoms with Gasteiger partial charge < -0.3 is 24.2 Å². The molecule has 384 valence electrons. The second-order valence-electron chi connectivity index (χ2n) is 17.7. The molecule has 0 saturated heterocycles. The van der Waals surface area contributed by atoms with Gasteiger partial charge in [0.15, 0.2) is 6.10 Å². The number of carbonyl (C=O) groups is 3. The zero-order valence-corrected chi connectivity index (χ0v) is 43.1. The molecule has 0 aliphatic rings. The molecule has 11 nitrogen and oxygen atoms in total. The highest BCUT2D eigenvalue weighted by Crippen LogP contribution is 2.43. The Bertz CT molecular complexity index is 1300. The Morgan fingerprint density at radius 3 is 1.21 bits per heavy atom. The molecule has 3 atom stereocenters. The van der Waals surface area contributed by atoms with Crippen molar-refractivity contribution in [2.45, 2.75) is 251 Å². The number of aliphatic hydroxyl groups is 1. The van der Waals surface area contributed by atoms with Crippen molar-refractivity contribution in [3.63, 3.8) is 0 Å². The smallest absolute Gasteiger partial charge is 0.462 e. The minimum atomic E-state index is -4.75. The number of aliphatic hydroxyl groups excluding tert-OH is 1. The van der Waals surface area contributed by atoms with Crippen molar-refractivity contribution < 1.29 is 52.2 Å². The predicted octanol–water partition coefficient (Wildman–Crippen LogP) is 15.0. The Morgan fingerprint density at radius 2 is 0.788 bits per heavy atom. The first-order chi connectivity index (χ1) is 32.2. The average molecular weight is 953 g/mol. The third kappa shape index (κ3) is 46.5. The second-order valence-corrected chi connectivity index (χ2v) is 19.1. The molecular formula is C54H97O11P. The van der Waals surface area contributed by atoms with Crippen molar-refractivity contribution in [2.24, 2.45) is 0 Å². The number of ether oxygens (including phenoxy) is 3. The Labute approximate surface area is 403 Å². The maximum atomic E-state index is 12.8. The van der Waals surface area contributed by atoms with E-state index in [1.807, 2.05) is 12.2 Å². The van der Waals surface area contributed by atoms with Gasteiger partial charge in [0.05, 0.1) is 19.8 Å². The molecule has 0 saturated carbocycles. The lowest BCUT2D eigenvalue weighted by molar-refractivity contribution is -0.161. The summed E-state index contributed by atoms with van der Waals surface area (Å²) in [5.41, 5.74) is 0. The Kier molecular flexibility index (Phi) is 47.0. The maximum absolute atomic E-state index is 12.8. The SMILES string of the molecule is CC/C=C\C/C=C\C/C=C\C/C=C\CCC(=O)OC(COC(=O)CCCCCCCCCCCCCCCCCCC)COP(=O)(O)OCC(CO)OC(=O)CCCCCCCCCCC. The summed E-state index contributed by atoms with van der Waals surface area (Å²) in [6.45, 7) is 4.43. The number of unbranched alkanes of at least 4 members (excludes halogenated alkanes) is 24. The number of phosphoric ester groups is 1. The summed E-state index contributed by atoms with van der Waals surface area (Å²) in [5, 5.41) is 9.74. The van der Waals surface area contributed by atoms with Gasteiger partial charge in [0, 0.05) is 19.3 Å². The van der Waals surface area contributed by atoms with Crippen molar-refractivity contribution in [1.29, 1.82) is 0 Å². The topological polar surface area (TPSA) is 155 Å². The molecule has 2 N–H and O–H groups in total. The zero-order valence-electron chi connectivity index (χ0n) is 42.2. The molecule has 0 aliphatic heterocycles. The molecule has 0 aromatic rings. The lowest BCUT2D eigenvalue weighted by Crippen LogP contribution is -2.30. The highest BCUT2D eigenvalue weighted by molar-refractivity contribution is 7.47. The molecule has 0 rings (SSSR count). The Hall–Kier alpha value is -2.56. The number of carbonyl (C=O) groups excluding carboxylic acids is 3. The number of rotatable bonds is 49. The van der Waals surface area contributed by atoms with Crippen LogP contribution in [0.4, 0.5) is 0 Å². The summed E-state index contributed by atoms with van der Waals surface area (Å²) < 4.78 is 39.2. The summed E-state index contributed by atoms with van der Waals surface area (Å²) in [4.78, 5) is 48.2. The van der Waals surface area contributed by atoms with Crippen LogP contribution in [0.1, 0.15) is 239 Å². The quantitative estimate of drug-likeness (QED) is 0.0197. The van der Waals surface area contributed by atoms with E-state index < -0.39 is 57.8 Å². The summed E-state index contributed by atoms with van der Waals surface area (Å²) in [5.74, 6) is -1.55. The first-order valence-corrected chi connectivity index (χ1v) is 28.0. The van der Waals surface area contributed by atoms with Crippen molar-refractivity contribution in [3.8, 4) is 0 Å². The van der Waals surface area contributed by atoms with E-state index in [1.165, 1.54) is 116 Å². The van der Waals surface area contributed by atoms with Gasteiger partial charge in [-0.2, -0.15) is 0 Å². The molecule has 12 heteroatoms. The molecular weight excluding hydrogens is 856 g/mol. The van der Waals surface area contributed by atoms with Crippen molar-refractivity contribution in [3.05, 3.63) is 48.6 Å². The summed E-state index contributed by atoms with van der Waals surface area (Å²) in [7, 11) is -4.75. The molecule has 0 aromatic heterocycles. The molecule has 0 aliphatic carbocycles. The normalized spacial score (nSPS) is 13.8. The molecule has 66 heavy (non-hydrogen) atoms.